The number of urea groups is 1. The highest BCUT2D eigenvalue weighted by Gasteiger charge is 2.17. The van der Waals surface area contributed by atoms with Gasteiger partial charge in [0.2, 0.25) is 5.75 Å². The van der Waals surface area contributed by atoms with E-state index in [0.29, 0.717) is 5.69 Å². The number of hydrogen-bond donors (Lipinski definition) is 3. The number of rotatable bonds is 4. The summed E-state index contributed by atoms with van der Waals surface area (Å²) in [5.74, 6) is -0.589. The molecule has 0 saturated heterocycles. The number of hydrogen-bond acceptors (Lipinski definition) is 5. The first-order valence-electron chi connectivity index (χ1n) is 6.71. The molecule has 2 rings (SSSR count). The molecule has 0 aromatic heterocycles. The van der Waals surface area contributed by atoms with E-state index >= 15 is 0 Å². The first kappa shape index (κ1) is 17.2. The molecule has 0 saturated carbocycles. The van der Waals surface area contributed by atoms with Gasteiger partial charge in [0.25, 0.3) is 0 Å². The van der Waals surface area contributed by atoms with Crippen LogP contribution in [0.5, 0.6) is 5.75 Å². The third-order valence-corrected chi connectivity index (χ3v) is 3.26. The maximum atomic E-state index is 11.7. The molecule has 0 fully saturated rings. The van der Waals surface area contributed by atoms with Crippen LogP contribution in [0.25, 0.3) is 0 Å². The molecule has 0 bridgehead atoms. The van der Waals surface area contributed by atoms with Crippen LogP contribution < -0.4 is 10.7 Å². The smallest absolute Gasteiger partial charge is 0.339 e. The third kappa shape index (κ3) is 4.20. The van der Waals surface area contributed by atoms with Crippen molar-refractivity contribution in [2.45, 2.75) is 6.92 Å². The largest absolute Gasteiger partial charge is 0.502 e. The van der Waals surface area contributed by atoms with Crippen LogP contribution in [0.15, 0.2) is 41.5 Å². The fourth-order valence-corrected chi connectivity index (χ4v) is 2.09. The lowest BCUT2D eigenvalue weighted by molar-refractivity contribution is -0.385. The van der Waals surface area contributed by atoms with Crippen LogP contribution in [0.3, 0.4) is 0 Å². The number of nitro groups is 1. The van der Waals surface area contributed by atoms with Crippen molar-refractivity contribution in [3.8, 4) is 5.75 Å². The molecule has 0 aliphatic heterocycles. The normalized spacial score (nSPS) is 10.6. The Kier molecular flexibility index (Phi) is 5.33. The van der Waals surface area contributed by atoms with Crippen LogP contribution >= 0.6 is 11.6 Å². The molecule has 0 aliphatic rings. The summed E-state index contributed by atoms with van der Waals surface area (Å²) in [4.78, 5) is 21.8. The van der Waals surface area contributed by atoms with Crippen molar-refractivity contribution < 1.29 is 14.8 Å². The van der Waals surface area contributed by atoms with Gasteiger partial charge in [0.05, 0.1) is 11.1 Å². The summed E-state index contributed by atoms with van der Waals surface area (Å²) in [6.45, 7) is 1.84. The second kappa shape index (κ2) is 7.42. The summed E-state index contributed by atoms with van der Waals surface area (Å²) in [6.07, 6.45) is 1.06. The number of nitrogens with zero attached hydrogens (tertiary/aromatic N) is 2. The van der Waals surface area contributed by atoms with Crippen molar-refractivity contribution in [1.82, 2.24) is 5.43 Å². The lowest BCUT2D eigenvalue weighted by Crippen LogP contribution is -2.24. The first-order valence-corrected chi connectivity index (χ1v) is 7.09. The molecule has 2 amide bonds. The zero-order valence-corrected chi connectivity index (χ0v) is 13.2. The van der Waals surface area contributed by atoms with Crippen molar-refractivity contribution in [2.75, 3.05) is 5.32 Å². The van der Waals surface area contributed by atoms with Gasteiger partial charge in [0, 0.05) is 22.3 Å². The second-order valence-electron chi connectivity index (χ2n) is 4.76. The van der Waals surface area contributed by atoms with E-state index in [1.165, 1.54) is 6.07 Å². The molecule has 0 atom stereocenters. The van der Waals surface area contributed by atoms with Gasteiger partial charge in [-0.15, -0.1) is 0 Å². The number of halogens is 1. The molecule has 24 heavy (non-hydrogen) atoms. The van der Waals surface area contributed by atoms with Crippen molar-refractivity contribution in [1.29, 1.82) is 0 Å². The Labute approximate surface area is 141 Å². The molecule has 9 heteroatoms. The molecule has 8 nitrogen and oxygen atoms in total. The number of hydrazone groups is 1. The number of nitrogens with one attached hydrogen (secondary N) is 2. The van der Waals surface area contributed by atoms with E-state index in [9.17, 15) is 20.0 Å². The molecular weight excluding hydrogens is 336 g/mol. The Morgan fingerprint density at radius 3 is 2.75 bits per heavy atom. The average Bonchev–Trinajstić information content (AvgIpc) is 2.52. The van der Waals surface area contributed by atoms with Crippen molar-refractivity contribution in [2.24, 2.45) is 5.10 Å². The van der Waals surface area contributed by atoms with E-state index in [0.717, 1.165) is 17.8 Å². The van der Waals surface area contributed by atoms with Crippen LogP contribution in [0.4, 0.5) is 16.2 Å². The number of phenolic OH excluding ortho intramolecular Hbond substituents is 1. The number of phenols is 1. The molecule has 0 aliphatic carbocycles. The molecule has 0 heterocycles. The summed E-state index contributed by atoms with van der Waals surface area (Å²) in [5.41, 5.74) is 3.15. The quantitative estimate of drug-likeness (QED) is 0.445. The van der Waals surface area contributed by atoms with Crippen LogP contribution in [-0.4, -0.2) is 22.3 Å². The monoisotopic (exact) mass is 348 g/mol. The number of aromatic hydroxyl groups is 1. The Hall–Kier alpha value is -3.13. The Morgan fingerprint density at radius 1 is 1.38 bits per heavy atom. The summed E-state index contributed by atoms with van der Waals surface area (Å²) < 4.78 is 0. The van der Waals surface area contributed by atoms with Gasteiger partial charge in [-0.05, 0) is 24.6 Å². The number of amides is 2. The molecule has 2 aromatic carbocycles. The fourth-order valence-electron chi connectivity index (χ4n) is 1.87. The SMILES string of the molecule is Cc1ccccc1NC(=O)N/N=C/c1cc(Cl)cc([N+](=O)[O-])c1O. The number of nitro benzene ring substituents is 1. The highest BCUT2D eigenvalue weighted by atomic mass is 35.5. The van der Waals surface area contributed by atoms with E-state index in [2.05, 4.69) is 15.8 Å². The van der Waals surface area contributed by atoms with E-state index in [1.807, 2.05) is 19.1 Å². The van der Waals surface area contributed by atoms with Crippen molar-refractivity contribution in [3.05, 3.63) is 62.7 Å². The summed E-state index contributed by atoms with van der Waals surface area (Å²) in [6, 6.07) is 8.88. The van der Waals surface area contributed by atoms with Gasteiger partial charge in [0.15, 0.2) is 0 Å². The molecule has 0 unspecified atom stereocenters. The minimum atomic E-state index is -0.767. The van der Waals surface area contributed by atoms with Gasteiger partial charge in [-0.3, -0.25) is 10.1 Å². The minimum Gasteiger partial charge on any atom is -0.502 e. The molecule has 124 valence electrons. The topological polar surface area (TPSA) is 117 Å². The lowest BCUT2D eigenvalue weighted by Gasteiger charge is -2.07. The molecule has 3 N–H and O–H groups in total. The summed E-state index contributed by atoms with van der Waals surface area (Å²) >= 11 is 5.76. The van der Waals surface area contributed by atoms with Gasteiger partial charge < -0.3 is 10.4 Å². The summed E-state index contributed by atoms with van der Waals surface area (Å²) in [5, 5.41) is 26.9. The number of benzene rings is 2. The number of carbonyl (C=O) groups excluding carboxylic acids is 1. The van der Waals surface area contributed by atoms with Gasteiger partial charge in [0.1, 0.15) is 0 Å². The number of anilines is 1. The van der Waals surface area contributed by atoms with Crippen molar-refractivity contribution >= 4 is 35.2 Å². The van der Waals surface area contributed by atoms with Gasteiger partial charge in [-0.1, -0.05) is 29.8 Å². The second-order valence-corrected chi connectivity index (χ2v) is 5.20. The fraction of sp³-hybridized carbons (Fsp3) is 0.0667. The molecule has 0 radical (unpaired) electrons. The number of carbonyl (C=O) groups is 1. The molecular formula is C15H13ClN4O4. The van der Waals surface area contributed by atoms with E-state index < -0.39 is 22.4 Å². The summed E-state index contributed by atoms with van der Waals surface area (Å²) in [7, 11) is 0. The van der Waals surface area contributed by atoms with Gasteiger partial charge in [-0.25, -0.2) is 10.2 Å². The predicted octanol–water partition coefficient (Wildman–Crippen LogP) is 3.42. The molecule has 2 aromatic rings. The Morgan fingerprint density at radius 2 is 2.08 bits per heavy atom. The average molecular weight is 349 g/mol. The minimum absolute atomic E-state index is 0.00499. The highest BCUT2D eigenvalue weighted by molar-refractivity contribution is 6.31. The van der Waals surface area contributed by atoms with E-state index in [1.54, 1.807) is 12.1 Å². The predicted molar refractivity (Wildman–Crippen MR) is 90.7 cm³/mol. The van der Waals surface area contributed by atoms with Crippen LogP contribution in [0.1, 0.15) is 11.1 Å². The first-order chi connectivity index (χ1) is 11.4. The Bertz CT molecular complexity index is 823. The molecule has 0 spiro atoms. The van der Waals surface area contributed by atoms with Crippen molar-refractivity contribution in [3.63, 3.8) is 0 Å². The van der Waals surface area contributed by atoms with Crippen LogP contribution in [-0.2, 0) is 0 Å². The zero-order chi connectivity index (χ0) is 17.7. The van der Waals surface area contributed by atoms with E-state index in [4.69, 9.17) is 11.6 Å². The Balaban J connectivity index is 2.08. The number of aryl methyl sites for hydroxylation is 1. The third-order valence-electron chi connectivity index (χ3n) is 3.04. The zero-order valence-electron chi connectivity index (χ0n) is 12.5. The maximum absolute atomic E-state index is 11.7. The van der Waals surface area contributed by atoms with Gasteiger partial charge >= 0.3 is 11.7 Å². The van der Waals surface area contributed by atoms with Gasteiger partial charge in [-0.2, -0.15) is 5.10 Å². The lowest BCUT2D eigenvalue weighted by atomic mass is 10.2. The van der Waals surface area contributed by atoms with E-state index in [-0.39, 0.29) is 10.6 Å². The van der Waals surface area contributed by atoms with Crippen LogP contribution in [0.2, 0.25) is 5.02 Å². The standard InChI is InChI=1S/C15H13ClN4O4/c1-9-4-2-3-5-12(9)18-15(22)19-17-8-10-6-11(16)7-13(14(10)21)20(23)24/h2-8,21H,1H3,(H2,18,19,22)/b17-8+. The van der Waals surface area contributed by atoms with Crippen LogP contribution in [0, 0.1) is 17.0 Å². The highest BCUT2D eigenvalue weighted by Crippen LogP contribution is 2.32. The maximum Gasteiger partial charge on any atom is 0.339 e. The number of para-hydroxylation sites is 1.